The summed E-state index contributed by atoms with van der Waals surface area (Å²) >= 11 is 6.07. The third-order valence-electron chi connectivity index (χ3n) is 2.86. The molecule has 1 N–H and O–H groups in total. The normalized spacial score (nSPS) is 28.1. The second kappa shape index (κ2) is 4.35. The van der Waals surface area contributed by atoms with Crippen molar-refractivity contribution in [1.29, 1.82) is 0 Å². The van der Waals surface area contributed by atoms with E-state index >= 15 is 0 Å². The van der Waals surface area contributed by atoms with Crippen molar-refractivity contribution in [3.63, 3.8) is 0 Å². The van der Waals surface area contributed by atoms with E-state index in [1.807, 2.05) is 6.92 Å². The fraction of sp³-hybridized carbons (Fsp3) is 0.667. The Morgan fingerprint density at radius 1 is 1.62 bits per heavy atom. The molecule has 0 radical (unpaired) electrons. The van der Waals surface area contributed by atoms with E-state index in [-0.39, 0.29) is 16.3 Å². The molecule has 1 aliphatic heterocycles. The van der Waals surface area contributed by atoms with Crippen LogP contribution < -0.4 is 0 Å². The molecule has 1 aliphatic rings. The van der Waals surface area contributed by atoms with Gasteiger partial charge in [-0.1, -0.05) is 6.92 Å². The van der Waals surface area contributed by atoms with Crippen LogP contribution in [0.1, 0.15) is 13.3 Å². The van der Waals surface area contributed by atoms with E-state index in [0.717, 1.165) is 0 Å². The van der Waals surface area contributed by atoms with Crippen LogP contribution in [0.25, 0.3) is 0 Å². The summed E-state index contributed by atoms with van der Waals surface area (Å²) in [4.78, 5) is 0. The third kappa shape index (κ3) is 2.09. The molecule has 1 aromatic heterocycles. The predicted molar refractivity (Wildman–Crippen MR) is 60.8 cm³/mol. The number of hydrogen-bond acceptors (Lipinski definition) is 3. The standard InChI is InChI=1S/C9H14ClN3O2S/c1-7-6-13(5-3-8(7)10)16(14,15)9-2-4-11-12-9/h2,4,7-8H,3,5-6H2,1H3,(H,11,12). The summed E-state index contributed by atoms with van der Waals surface area (Å²) in [6.07, 6.45) is 2.13. The average molecular weight is 264 g/mol. The van der Waals surface area contributed by atoms with Crippen LogP contribution in [0.4, 0.5) is 0 Å². The van der Waals surface area contributed by atoms with Crippen LogP contribution >= 0.6 is 11.6 Å². The number of alkyl halides is 1. The van der Waals surface area contributed by atoms with Crippen molar-refractivity contribution in [2.75, 3.05) is 13.1 Å². The molecular weight excluding hydrogens is 250 g/mol. The largest absolute Gasteiger partial charge is 0.266 e. The molecule has 1 fully saturated rings. The number of nitrogens with one attached hydrogen (secondary N) is 1. The fourth-order valence-electron chi connectivity index (χ4n) is 1.82. The van der Waals surface area contributed by atoms with Crippen LogP contribution in [-0.4, -0.2) is 41.4 Å². The molecule has 1 saturated heterocycles. The number of halogens is 1. The molecule has 0 spiro atoms. The molecule has 0 saturated carbocycles. The zero-order chi connectivity index (χ0) is 11.8. The summed E-state index contributed by atoms with van der Waals surface area (Å²) < 4.78 is 25.7. The van der Waals surface area contributed by atoms with E-state index < -0.39 is 10.0 Å². The van der Waals surface area contributed by atoms with E-state index in [1.54, 1.807) is 0 Å². The molecule has 2 atom stereocenters. The number of nitrogens with zero attached hydrogens (tertiary/aromatic N) is 2. The second-order valence-corrected chi connectivity index (χ2v) is 6.53. The van der Waals surface area contributed by atoms with Gasteiger partial charge in [0.2, 0.25) is 0 Å². The van der Waals surface area contributed by atoms with E-state index in [2.05, 4.69) is 10.2 Å². The maximum Gasteiger partial charge on any atom is 0.259 e. The zero-order valence-corrected chi connectivity index (χ0v) is 10.5. The first kappa shape index (κ1) is 11.9. The van der Waals surface area contributed by atoms with Crippen LogP contribution in [-0.2, 0) is 10.0 Å². The predicted octanol–water partition coefficient (Wildman–Crippen LogP) is 1.05. The Hall–Kier alpha value is -0.590. The molecule has 1 aromatic rings. The molecule has 90 valence electrons. The van der Waals surface area contributed by atoms with Crippen LogP contribution in [0.3, 0.4) is 0 Å². The lowest BCUT2D eigenvalue weighted by atomic mass is 10.0. The molecule has 2 rings (SSSR count). The lowest BCUT2D eigenvalue weighted by Crippen LogP contribution is -2.43. The minimum atomic E-state index is -3.42. The van der Waals surface area contributed by atoms with Crippen LogP contribution in [0, 0.1) is 5.92 Å². The summed E-state index contributed by atoms with van der Waals surface area (Å²) in [6, 6.07) is 1.47. The van der Waals surface area contributed by atoms with Crippen molar-refractivity contribution in [3.05, 3.63) is 12.3 Å². The van der Waals surface area contributed by atoms with Gasteiger partial charge in [-0.25, -0.2) is 8.42 Å². The van der Waals surface area contributed by atoms with Gasteiger partial charge in [0.05, 0.1) is 6.20 Å². The molecule has 7 heteroatoms. The fourth-order valence-corrected chi connectivity index (χ4v) is 3.46. The van der Waals surface area contributed by atoms with Crippen LogP contribution in [0.5, 0.6) is 0 Å². The molecule has 0 aliphatic carbocycles. The number of rotatable bonds is 2. The van der Waals surface area contributed by atoms with Crippen molar-refractivity contribution >= 4 is 21.6 Å². The Balaban J connectivity index is 2.20. The minimum Gasteiger partial charge on any atom is -0.266 e. The average Bonchev–Trinajstić information content (AvgIpc) is 2.75. The number of sulfonamides is 1. The molecule has 16 heavy (non-hydrogen) atoms. The molecule has 5 nitrogen and oxygen atoms in total. The summed E-state index contributed by atoms with van der Waals surface area (Å²) in [5.74, 6) is 0.174. The first-order valence-corrected chi connectivity index (χ1v) is 7.03. The van der Waals surface area contributed by atoms with Crippen molar-refractivity contribution < 1.29 is 8.42 Å². The molecule has 0 bridgehead atoms. The van der Waals surface area contributed by atoms with E-state index in [0.29, 0.717) is 19.5 Å². The number of aromatic nitrogens is 2. The minimum absolute atomic E-state index is 0.0632. The number of hydrogen-bond donors (Lipinski definition) is 1. The molecule has 0 amide bonds. The highest BCUT2D eigenvalue weighted by atomic mass is 35.5. The van der Waals surface area contributed by atoms with Crippen molar-refractivity contribution in [2.45, 2.75) is 23.7 Å². The number of aromatic amines is 1. The SMILES string of the molecule is CC1CN(S(=O)(=O)c2ccn[nH]2)CCC1Cl. The van der Waals surface area contributed by atoms with Gasteiger partial charge in [-0.15, -0.1) is 11.6 Å². The van der Waals surface area contributed by atoms with Gasteiger partial charge in [0, 0.05) is 18.5 Å². The number of piperidine rings is 1. The van der Waals surface area contributed by atoms with Crippen LogP contribution in [0.2, 0.25) is 0 Å². The summed E-state index contributed by atoms with van der Waals surface area (Å²) in [5, 5.41) is 6.36. The van der Waals surface area contributed by atoms with Gasteiger partial charge in [-0.2, -0.15) is 9.40 Å². The Bertz CT molecular complexity index is 445. The highest BCUT2D eigenvalue weighted by Gasteiger charge is 2.33. The molecule has 2 heterocycles. The lowest BCUT2D eigenvalue weighted by Gasteiger charge is -2.32. The zero-order valence-electron chi connectivity index (χ0n) is 8.93. The highest BCUT2D eigenvalue weighted by molar-refractivity contribution is 7.89. The second-order valence-electron chi connectivity index (χ2n) is 4.07. The number of H-pyrrole nitrogens is 1. The quantitative estimate of drug-likeness (QED) is 0.811. The van der Waals surface area contributed by atoms with Crippen molar-refractivity contribution in [1.82, 2.24) is 14.5 Å². The molecule has 0 aromatic carbocycles. The Labute approximate surface area is 99.8 Å². The van der Waals surface area contributed by atoms with Gasteiger partial charge in [-0.05, 0) is 18.4 Å². The Morgan fingerprint density at radius 3 is 2.94 bits per heavy atom. The van der Waals surface area contributed by atoms with E-state index in [4.69, 9.17) is 11.6 Å². The summed E-state index contributed by atoms with van der Waals surface area (Å²) in [7, 11) is -3.42. The summed E-state index contributed by atoms with van der Waals surface area (Å²) in [6.45, 7) is 2.90. The molecular formula is C9H14ClN3O2S. The first-order chi connectivity index (χ1) is 7.51. The summed E-state index contributed by atoms with van der Waals surface area (Å²) in [5.41, 5.74) is 0. The van der Waals surface area contributed by atoms with Gasteiger partial charge in [-0.3, -0.25) is 5.10 Å². The van der Waals surface area contributed by atoms with Gasteiger partial charge in [0.25, 0.3) is 10.0 Å². The van der Waals surface area contributed by atoms with Crippen LogP contribution in [0.15, 0.2) is 17.3 Å². The first-order valence-electron chi connectivity index (χ1n) is 5.15. The lowest BCUT2D eigenvalue weighted by molar-refractivity contribution is 0.285. The van der Waals surface area contributed by atoms with Gasteiger partial charge >= 0.3 is 0 Å². The monoisotopic (exact) mass is 263 g/mol. The topological polar surface area (TPSA) is 66.1 Å². The smallest absolute Gasteiger partial charge is 0.259 e. The maximum absolute atomic E-state index is 12.1. The van der Waals surface area contributed by atoms with E-state index in [9.17, 15) is 8.42 Å². The maximum atomic E-state index is 12.1. The van der Waals surface area contributed by atoms with Crippen molar-refractivity contribution in [3.8, 4) is 0 Å². The van der Waals surface area contributed by atoms with Crippen molar-refractivity contribution in [2.24, 2.45) is 5.92 Å². The van der Waals surface area contributed by atoms with Gasteiger partial charge in [0.1, 0.15) is 0 Å². The Kier molecular flexibility index (Phi) is 3.23. The third-order valence-corrected chi connectivity index (χ3v) is 5.30. The molecule has 2 unspecified atom stereocenters. The highest BCUT2D eigenvalue weighted by Crippen LogP contribution is 2.25. The van der Waals surface area contributed by atoms with Gasteiger partial charge < -0.3 is 0 Å². The Morgan fingerprint density at radius 2 is 2.38 bits per heavy atom. The van der Waals surface area contributed by atoms with Gasteiger partial charge in [0.15, 0.2) is 5.03 Å². The van der Waals surface area contributed by atoms with E-state index in [1.165, 1.54) is 16.6 Å².